The molecule has 0 spiro atoms. The number of carbonyl (C=O) groups is 2. The number of ketones is 1. The van der Waals surface area contributed by atoms with Gasteiger partial charge in [-0.05, 0) is 74.2 Å². The number of carbonyl (C=O) groups excluding carboxylic acids is 2. The number of piperidine rings is 1. The Bertz CT molecular complexity index is 713. The number of hydrogen-bond donors (Lipinski definition) is 2. The van der Waals surface area contributed by atoms with Gasteiger partial charge in [0.1, 0.15) is 5.75 Å². The number of hydrogen-bond acceptors (Lipinski definition) is 6. The molecule has 0 unspecified atom stereocenters. The van der Waals surface area contributed by atoms with E-state index in [2.05, 4.69) is 73.3 Å². The largest absolute Gasteiger partial charge is 1.00 e. The number of benzene rings is 2. The van der Waals surface area contributed by atoms with E-state index in [4.69, 9.17) is 15.2 Å². The van der Waals surface area contributed by atoms with Crippen LogP contribution >= 0.6 is 31.9 Å². The fourth-order valence-electron chi connectivity index (χ4n) is 2.38. The van der Waals surface area contributed by atoms with Crippen molar-refractivity contribution in [3.05, 3.63) is 65.2 Å². The number of halogens is 2. The van der Waals surface area contributed by atoms with Gasteiger partial charge in [-0.15, -0.1) is 0 Å². The summed E-state index contributed by atoms with van der Waals surface area (Å²) in [5.41, 5.74) is 3.27. The minimum Gasteiger partial charge on any atom is -1.00 e. The van der Waals surface area contributed by atoms with E-state index in [0.29, 0.717) is 5.56 Å². The van der Waals surface area contributed by atoms with Crippen LogP contribution in [0.1, 0.15) is 57.0 Å². The molecule has 0 saturated carbocycles. The molecule has 0 atom stereocenters. The smallest absolute Gasteiger partial charge is 1.00 e. The van der Waals surface area contributed by atoms with Crippen molar-refractivity contribution in [1.82, 2.24) is 5.32 Å². The molecule has 1 saturated heterocycles. The third kappa shape index (κ3) is 23.9. The molecule has 34 heavy (non-hydrogen) atoms. The summed E-state index contributed by atoms with van der Waals surface area (Å²) in [6.45, 7) is 6.11. The van der Waals surface area contributed by atoms with Crippen molar-refractivity contribution in [1.29, 1.82) is 0 Å². The molecule has 182 valence electrons. The first-order valence-corrected chi connectivity index (χ1v) is 12.0. The monoisotopic (exact) mass is 653 g/mol. The number of phenols is 1. The molecular formula is C24H35Br2K2NO5. The third-order valence-corrected chi connectivity index (χ3v) is 5.57. The van der Waals surface area contributed by atoms with Crippen molar-refractivity contribution in [3.8, 4) is 5.75 Å². The zero-order valence-electron chi connectivity index (χ0n) is 20.9. The Labute approximate surface area is 307 Å². The number of Topliss-reactive ketones (excluding diaryl/α,β-unsaturated/α-hetero) is 1. The van der Waals surface area contributed by atoms with Gasteiger partial charge in [-0.2, -0.15) is 0 Å². The fourth-order valence-corrected chi connectivity index (χ4v) is 3.13. The number of nitrogens with one attached hydrogen (secondary N) is 1. The standard InChI is InChI=1S/C8H8Br2.C8H8O2.C6H13N.CH2O3.CH4.2K.H/c9-5-7-1-2-8(6-10)4-3-7;1-6(9)7-2-4-8(10)5-3-7;1-6-2-4-7-5-3-6;2-1-4-3;;;;/h1-4H,5-6H2;2-5,10H,1H3;6-7H,2-5H2,1H3;1,3H;1H4;;;/q;;;;;2*+1;-1/p-1. The van der Waals surface area contributed by atoms with Crippen LogP contribution in [0.2, 0.25) is 0 Å². The summed E-state index contributed by atoms with van der Waals surface area (Å²) < 4.78 is 0. The van der Waals surface area contributed by atoms with E-state index < -0.39 is 0 Å². The van der Waals surface area contributed by atoms with Gasteiger partial charge in [0.25, 0.3) is 6.47 Å². The van der Waals surface area contributed by atoms with Crippen LogP contribution < -0.4 is 113 Å². The predicted molar refractivity (Wildman–Crippen MR) is 136 cm³/mol. The quantitative estimate of drug-likeness (QED) is 0.113. The molecule has 2 aromatic rings. The molecule has 0 radical (unpaired) electrons. The summed E-state index contributed by atoms with van der Waals surface area (Å²) in [5, 5.41) is 22.5. The fraction of sp³-hybridized carbons (Fsp3) is 0.417. The number of alkyl halides is 2. The summed E-state index contributed by atoms with van der Waals surface area (Å²) in [6.07, 6.45) is 2.75. The first kappa shape index (κ1) is 42.6. The van der Waals surface area contributed by atoms with Gasteiger partial charge in [0.2, 0.25) is 0 Å². The van der Waals surface area contributed by atoms with Gasteiger partial charge in [-0.1, -0.05) is 70.5 Å². The van der Waals surface area contributed by atoms with Crippen LogP contribution in [0, 0.1) is 5.92 Å². The summed E-state index contributed by atoms with van der Waals surface area (Å²) in [7, 11) is 0. The number of phenolic OH excluding ortho intramolecular Hbond substituents is 1. The van der Waals surface area contributed by atoms with Crippen molar-refractivity contribution < 1.29 is 129 Å². The maximum absolute atomic E-state index is 10.7. The second-order valence-electron chi connectivity index (χ2n) is 6.81. The molecule has 1 heterocycles. The second-order valence-corrected chi connectivity index (χ2v) is 7.93. The molecule has 2 aromatic carbocycles. The van der Waals surface area contributed by atoms with Crippen LogP contribution in [0.15, 0.2) is 48.5 Å². The Morgan fingerprint density at radius 1 is 1.06 bits per heavy atom. The average molecular weight is 656 g/mol. The van der Waals surface area contributed by atoms with Crippen LogP contribution in [0.25, 0.3) is 0 Å². The maximum Gasteiger partial charge on any atom is 1.00 e. The zero-order valence-corrected chi connectivity index (χ0v) is 29.3. The normalized spacial score (nSPS) is 11.4. The molecule has 1 aliphatic heterocycles. The van der Waals surface area contributed by atoms with Gasteiger partial charge < -0.3 is 22.0 Å². The minimum absolute atomic E-state index is 0. The Kier molecular flexibility index (Phi) is 36.5. The van der Waals surface area contributed by atoms with E-state index in [-0.39, 0.29) is 130 Å². The predicted octanol–water partition coefficient (Wildman–Crippen LogP) is -0.732. The molecule has 0 bridgehead atoms. The molecule has 0 amide bonds. The molecule has 6 nitrogen and oxygen atoms in total. The maximum atomic E-state index is 10.7. The van der Waals surface area contributed by atoms with Crippen LogP contribution in [0.3, 0.4) is 0 Å². The van der Waals surface area contributed by atoms with Crippen molar-refractivity contribution >= 4 is 44.1 Å². The van der Waals surface area contributed by atoms with E-state index in [1.807, 2.05) is 0 Å². The van der Waals surface area contributed by atoms with E-state index in [1.54, 1.807) is 12.1 Å². The summed E-state index contributed by atoms with van der Waals surface area (Å²) in [6, 6.07) is 14.7. The molecule has 0 aromatic heterocycles. The number of rotatable bonds is 4. The third-order valence-electron chi connectivity index (χ3n) is 4.27. The first-order chi connectivity index (χ1) is 14.9. The molecule has 1 fully saturated rings. The molecule has 0 aliphatic carbocycles. The van der Waals surface area contributed by atoms with Crippen LogP contribution in [-0.4, -0.2) is 30.5 Å². The van der Waals surface area contributed by atoms with E-state index in [1.165, 1.54) is 56.1 Å². The topological polar surface area (TPSA) is 98.7 Å². The summed E-state index contributed by atoms with van der Waals surface area (Å²) in [5.74, 6) is 1.17. The summed E-state index contributed by atoms with van der Waals surface area (Å²) >= 11 is 6.78. The molecule has 2 N–H and O–H groups in total. The van der Waals surface area contributed by atoms with Crippen molar-refractivity contribution in [2.45, 2.75) is 44.8 Å². The van der Waals surface area contributed by atoms with Crippen molar-refractivity contribution in [2.75, 3.05) is 13.1 Å². The molecule has 3 rings (SSSR count). The van der Waals surface area contributed by atoms with E-state index >= 15 is 0 Å². The van der Waals surface area contributed by atoms with Gasteiger partial charge in [0, 0.05) is 16.2 Å². The Morgan fingerprint density at radius 3 is 1.68 bits per heavy atom. The van der Waals surface area contributed by atoms with Gasteiger partial charge in [0.05, 0.1) is 0 Å². The van der Waals surface area contributed by atoms with Crippen LogP contribution in [0.5, 0.6) is 5.75 Å². The minimum atomic E-state index is -0.181. The molecule has 10 heteroatoms. The second kappa shape index (κ2) is 29.1. The Morgan fingerprint density at radius 2 is 1.44 bits per heavy atom. The van der Waals surface area contributed by atoms with E-state index in [9.17, 15) is 4.79 Å². The van der Waals surface area contributed by atoms with Gasteiger partial charge >= 0.3 is 103 Å². The summed E-state index contributed by atoms with van der Waals surface area (Å²) in [4.78, 5) is 21.9. The first-order valence-electron chi connectivity index (χ1n) is 9.80. The van der Waals surface area contributed by atoms with Crippen LogP contribution in [0.4, 0.5) is 0 Å². The van der Waals surface area contributed by atoms with Gasteiger partial charge in [-0.3, -0.25) is 9.59 Å². The number of aromatic hydroxyl groups is 1. The molecular weight excluding hydrogens is 620 g/mol. The van der Waals surface area contributed by atoms with Crippen molar-refractivity contribution in [3.63, 3.8) is 0 Å². The Hall–Kier alpha value is 1.53. The molecule has 1 aliphatic rings. The van der Waals surface area contributed by atoms with Gasteiger partial charge in [0.15, 0.2) is 5.78 Å². The zero-order chi connectivity index (χ0) is 23.5. The van der Waals surface area contributed by atoms with Crippen LogP contribution in [-0.2, 0) is 20.3 Å². The Balaban J connectivity index is -0.000000115. The SMILES string of the molecule is BrCc1ccc(CBr)cc1.C.CC(=O)c1ccc(O)cc1.CC1CCNCC1.O=CO[O-].[H-].[K+].[K+]. The van der Waals surface area contributed by atoms with E-state index in [0.717, 1.165) is 16.6 Å². The van der Waals surface area contributed by atoms with Crippen molar-refractivity contribution in [2.24, 2.45) is 5.92 Å². The average Bonchev–Trinajstić information content (AvgIpc) is 2.81. The van der Waals surface area contributed by atoms with Gasteiger partial charge in [-0.25, -0.2) is 0 Å².